The fraction of sp³-hybridized carbons (Fsp3) is 0.109. The van der Waals surface area contributed by atoms with Gasteiger partial charge in [-0.2, -0.15) is 0 Å². The van der Waals surface area contributed by atoms with Gasteiger partial charge >= 0.3 is 0 Å². The van der Waals surface area contributed by atoms with Crippen molar-refractivity contribution in [3.63, 3.8) is 0 Å². The van der Waals surface area contributed by atoms with Crippen LogP contribution in [0.5, 0.6) is 0 Å². The molecule has 0 aliphatic heterocycles. The molecule has 0 unspecified atom stereocenters. The number of rotatable bonds is 5. The first-order valence-corrected chi connectivity index (χ1v) is 20.5. The second kappa shape index (κ2) is 13.2. The standard InChI is InChI=1S/C55H42N4/c1-54(2)44-31-28-36-18-11-12-23-42(36)48(44)50-45(55(54,3)4)32-33-47-49(50)43-24-13-14-25-46(43)59(47)41-29-26-38(27-30-41)52-56-51(37-19-9-6-10-20-37)57-53(58-52)40-22-15-21-39(34-40)35-16-7-5-8-17-35/h5-34H,1-4H3. The molecule has 0 N–H and O–H groups in total. The summed E-state index contributed by atoms with van der Waals surface area (Å²) in [6.07, 6.45) is 0. The van der Waals surface area contributed by atoms with Crippen molar-refractivity contribution < 1.29 is 0 Å². The average molecular weight is 759 g/mol. The van der Waals surface area contributed by atoms with E-state index in [1.165, 1.54) is 54.8 Å². The predicted molar refractivity (Wildman–Crippen MR) is 245 cm³/mol. The zero-order valence-corrected chi connectivity index (χ0v) is 33.6. The van der Waals surface area contributed by atoms with E-state index in [1.54, 1.807) is 0 Å². The van der Waals surface area contributed by atoms with Crippen molar-refractivity contribution in [1.29, 1.82) is 0 Å². The van der Waals surface area contributed by atoms with Gasteiger partial charge < -0.3 is 4.57 Å². The van der Waals surface area contributed by atoms with E-state index in [9.17, 15) is 0 Å². The fourth-order valence-electron chi connectivity index (χ4n) is 9.43. The van der Waals surface area contributed by atoms with Crippen molar-refractivity contribution in [2.24, 2.45) is 0 Å². The van der Waals surface area contributed by atoms with Crippen molar-refractivity contribution in [3.8, 4) is 62.1 Å². The van der Waals surface area contributed by atoms with E-state index in [2.05, 4.69) is 190 Å². The predicted octanol–water partition coefficient (Wildman–Crippen LogP) is 14.0. The zero-order valence-electron chi connectivity index (χ0n) is 33.6. The summed E-state index contributed by atoms with van der Waals surface area (Å²) in [5.74, 6) is 1.92. The monoisotopic (exact) mass is 758 g/mol. The topological polar surface area (TPSA) is 43.6 Å². The Morgan fingerprint density at radius 3 is 1.61 bits per heavy atom. The maximum atomic E-state index is 5.12. The van der Waals surface area contributed by atoms with E-state index in [4.69, 9.17) is 15.0 Å². The first kappa shape index (κ1) is 35.0. The lowest BCUT2D eigenvalue weighted by Gasteiger charge is -2.48. The van der Waals surface area contributed by atoms with Crippen molar-refractivity contribution in [3.05, 3.63) is 193 Å². The molecular formula is C55H42N4. The van der Waals surface area contributed by atoms with Crippen molar-refractivity contribution >= 4 is 32.6 Å². The fourth-order valence-corrected chi connectivity index (χ4v) is 9.43. The van der Waals surface area contributed by atoms with Gasteiger partial charge in [0.25, 0.3) is 0 Å². The average Bonchev–Trinajstić information content (AvgIpc) is 3.63. The van der Waals surface area contributed by atoms with Crippen LogP contribution in [0, 0.1) is 0 Å². The highest BCUT2D eigenvalue weighted by molar-refractivity contribution is 6.20. The summed E-state index contributed by atoms with van der Waals surface area (Å²) in [5, 5.41) is 5.13. The number of para-hydroxylation sites is 1. The molecule has 4 heteroatoms. The molecule has 0 bridgehead atoms. The highest BCUT2D eigenvalue weighted by Gasteiger charge is 2.47. The molecule has 10 aromatic rings. The lowest BCUT2D eigenvalue weighted by molar-refractivity contribution is 0.300. The molecule has 4 nitrogen and oxygen atoms in total. The van der Waals surface area contributed by atoms with Crippen LogP contribution in [0.4, 0.5) is 0 Å². The van der Waals surface area contributed by atoms with Crippen LogP contribution in [-0.2, 0) is 10.8 Å². The molecular weight excluding hydrogens is 717 g/mol. The summed E-state index contributed by atoms with van der Waals surface area (Å²) >= 11 is 0. The van der Waals surface area contributed by atoms with Crippen LogP contribution in [0.3, 0.4) is 0 Å². The van der Waals surface area contributed by atoms with Crippen LogP contribution in [0.25, 0.3) is 94.7 Å². The Hall–Kier alpha value is -7.17. The molecule has 0 saturated carbocycles. The van der Waals surface area contributed by atoms with Crippen LogP contribution in [0.15, 0.2) is 182 Å². The molecule has 282 valence electrons. The maximum Gasteiger partial charge on any atom is 0.164 e. The zero-order chi connectivity index (χ0) is 39.9. The van der Waals surface area contributed by atoms with Crippen LogP contribution in [0.2, 0.25) is 0 Å². The van der Waals surface area contributed by atoms with Gasteiger partial charge in [0.05, 0.1) is 11.0 Å². The summed E-state index contributed by atoms with van der Waals surface area (Å²) in [7, 11) is 0. The molecule has 2 heterocycles. The third kappa shape index (κ3) is 5.40. The molecule has 1 aliphatic rings. The van der Waals surface area contributed by atoms with Crippen LogP contribution >= 0.6 is 0 Å². The Kier molecular flexibility index (Phi) is 7.83. The van der Waals surface area contributed by atoms with Crippen LogP contribution in [0.1, 0.15) is 38.8 Å². The minimum Gasteiger partial charge on any atom is -0.309 e. The highest BCUT2D eigenvalue weighted by atomic mass is 15.0. The summed E-state index contributed by atoms with van der Waals surface area (Å²) in [6, 6.07) is 64.9. The summed E-state index contributed by atoms with van der Waals surface area (Å²) in [4.78, 5) is 15.2. The summed E-state index contributed by atoms with van der Waals surface area (Å²) in [6.45, 7) is 9.67. The minimum atomic E-state index is -0.109. The number of aromatic nitrogens is 4. The van der Waals surface area contributed by atoms with E-state index in [-0.39, 0.29) is 10.8 Å². The summed E-state index contributed by atoms with van der Waals surface area (Å²) < 4.78 is 2.43. The number of hydrogen-bond donors (Lipinski definition) is 0. The largest absolute Gasteiger partial charge is 0.309 e. The third-order valence-electron chi connectivity index (χ3n) is 13.2. The van der Waals surface area contributed by atoms with Gasteiger partial charge in [0.2, 0.25) is 0 Å². The molecule has 0 saturated heterocycles. The lowest BCUT2D eigenvalue weighted by Crippen LogP contribution is -2.43. The minimum absolute atomic E-state index is 0.0821. The Balaban J connectivity index is 1.09. The van der Waals surface area contributed by atoms with E-state index < -0.39 is 0 Å². The molecule has 0 spiro atoms. The van der Waals surface area contributed by atoms with Gasteiger partial charge in [0.1, 0.15) is 0 Å². The first-order chi connectivity index (χ1) is 28.8. The van der Waals surface area contributed by atoms with Gasteiger partial charge in [-0.25, -0.2) is 15.0 Å². The SMILES string of the molecule is CC1(C)c2ccc3ccccc3c2-c2c(ccc3c2c2ccccc2n3-c2ccc(-c3nc(-c4ccccc4)nc(-c4cccc(-c5ccccc5)c4)n3)cc2)C1(C)C. The van der Waals surface area contributed by atoms with E-state index in [1.807, 2.05) is 24.3 Å². The number of benzene rings is 8. The maximum absolute atomic E-state index is 5.12. The van der Waals surface area contributed by atoms with Crippen LogP contribution < -0.4 is 0 Å². The van der Waals surface area contributed by atoms with Gasteiger partial charge in [0.15, 0.2) is 17.5 Å². The smallest absolute Gasteiger partial charge is 0.164 e. The first-order valence-electron chi connectivity index (χ1n) is 20.5. The Morgan fingerprint density at radius 1 is 0.373 bits per heavy atom. The van der Waals surface area contributed by atoms with Gasteiger partial charge in [-0.15, -0.1) is 0 Å². The molecule has 0 atom stereocenters. The van der Waals surface area contributed by atoms with Gasteiger partial charge in [-0.1, -0.05) is 167 Å². The molecule has 0 fully saturated rings. The molecule has 0 amide bonds. The normalized spacial score (nSPS) is 14.0. The molecule has 1 aliphatic carbocycles. The third-order valence-corrected chi connectivity index (χ3v) is 13.2. The van der Waals surface area contributed by atoms with E-state index in [0.717, 1.165) is 33.5 Å². The molecule has 59 heavy (non-hydrogen) atoms. The van der Waals surface area contributed by atoms with Gasteiger partial charge in [-0.3, -0.25) is 0 Å². The van der Waals surface area contributed by atoms with Gasteiger partial charge in [-0.05, 0) is 97.4 Å². The quantitative estimate of drug-likeness (QED) is 0.176. The molecule has 11 rings (SSSR count). The lowest BCUT2D eigenvalue weighted by atomic mass is 9.54. The van der Waals surface area contributed by atoms with Crippen LogP contribution in [-0.4, -0.2) is 19.5 Å². The van der Waals surface area contributed by atoms with E-state index >= 15 is 0 Å². The molecule has 8 aromatic carbocycles. The second-order valence-electron chi connectivity index (χ2n) is 16.9. The number of hydrogen-bond acceptors (Lipinski definition) is 3. The van der Waals surface area contributed by atoms with E-state index in [0.29, 0.717) is 17.5 Å². The van der Waals surface area contributed by atoms with Crippen molar-refractivity contribution in [1.82, 2.24) is 19.5 Å². The molecule has 0 radical (unpaired) electrons. The molecule has 2 aromatic heterocycles. The highest BCUT2D eigenvalue weighted by Crippen LogP contribution is 2.58. The van der Waals surface area contributed by atoms with Crippen molar-refractivity contribution in [2.45, 2.75) is 38.5 Å². The van der Waals surface area contributed by atoms with Crippen molar-refractivity contribution in [2.75, 3.05) is 0 Å². The Labute approximate surface area is 344 Å². The Morgan fingerprint density at radius 2 is 0.898 bits per heavy atom. The number of nitrogens with zero attached hydrogens (tertiary/aromatic N) is 4. The second-order valence-corrected chi connectivity index (χ2v) is 16.9. The number of fused-ring (bicyclic) bond motifs is 9. The summed E-state index contributed by atoms with van der Waals surface area (Å²) in [5.41, 5.74) is 13.9. The van der Waals surface area contributed by atoms with Gasteiger partial charge in [0, 0.05) is 33.2 Å². The Bertz CT molecular complexity index is 3250.